The van der Waals surface area contributed by atoms with Crippen LogP contribution in [0.25, 0.3) is 10.9 Å². The molecule has 0 spiro atoms. The van der Waals surface area contributed by atoms with E-state index in [4.69, 9.17) is 0 Å². The number of aromatic amines is 1. The lowest BCUT2D eigenvalue weighted by molar-refractivity contribution is -0.544. The van der Waals surface area contributed by atoms with Gasteiger partial charge in [0, 0.05) is 29.7 Å². The molecule has 4 heteroatoms. The lowest BCUT2D eigenvalue weighted by Gasteiger charge is -2.37. The van der Waals surface area contributed by atoms with Gasteiger partial charge in [-0.1, -0.05) is 18.2 Å². The molecule has 2 aliphatic heterocycles. The zero-order valence-corrected chi connectivity index (χ0v) is 14.0. The molecule has 0 amide bonds. The quantitative estimate of drug-likeness (QED) is 0.640. The molecule has 3 nitrogen and oxygen atoms in total. The van der Waals surface area contributed by atoms with Gasteiger partial charge in [0.15, 0.2) is 5.71 Å². The summed E-state index contributed by atoms with van der Waals surface area (Å²) >= 11 is 0. The molecule has 2 aromatic rings. The Morgan fingerprint density at radius 2 is 2.00 bits per heavy atom. The number of para-hydroxylation sites is 1. The van der Waals surface area contributed by atoms with Gasteiger partial charge in [-0.15, -0.1) is 0 Å². The first-order valence-corrected chi connectivity index (χ1v) is 8.68. The van der Waals surface area contributed by atoms with Crippen molar-refractivity contribution in [2.45, 2.75) is 38.2 Å². The van der Waals surface area contributed by atoms with Crippen molar-refractivity contribution in [2.75, 3.05) is 13.1 Å². The zero-order chi connectivity index (χ0) is 14.7. The molecule has 122 valence electrons. The summed E-state index contributed by atoms with van der Waals surface area (Å²) in [5.74, 6) is 1.46. The number of fused-ring (bicyclic) bond motifs is 5. The van der Waals surface area contributed by atoms with E-state index in [1.165, 1.54) is 40.8 Å². The van der Waals surface area contributed by atoms with Crippen LogP contribution in [0.5, 0.6) is 0 Å². The van der Waals surface area contributed by atoms with Crippen LogP contribution in [0.1, 0.15) is 36.9 Å². The number of aromatic nitrogens is 1. The predicted molar refractivity (Wildman–Crippen MR) is 87.6 cm³/mol. The molecule has 5 rings (SSSR count). The maximum absolute atomic E-state index is 10.0. The highest BCUT2D eigenvalue weighted by Gasteiger charge is 2.42. The smallest absolute Gasteiger partial charge is 0.200 e. The number of hydrogen-bond donors (Lipinski definition) is 2. The zero-order valence-electron chi connectivity index (χ0n) is 13.3. The summed E-state index contributed by atoms with van der Waals surface area (Å²) < 4.78 is 2.62. The van der Waals surface area contributed by atoms with E-state index in [-0.39, 0.29) is 18.5 Å². The van der Waals surface area contributed by atoms with E-state index < -0.39 is 0 Å². The van der Waals surface area contributed by atoms with Crippen molar-refractivity contribution in [3.8, 4) is 0 Å². The van der Waals surface area contributed by atoms with Gasteiger partial charge >= 0.3 is 0 Å². The maximum Gasteiger partial charge on any atom is 0.200 e. The molecule has 0 unspecified atom stereocenters. The summed E-state index contributed by atoms with van der Waals surface area (Å²) in [5.41, 5.74) is 5.67. The maximum atomic E-state index is 10.0. The van der Waals surface area contributed by atoms with E-state index >= 15 is 0 Å². The van der Waals surface area contributed by atoms with Crippen molar-refractivity contribution in [3.05, 3.63) is 35.5 Å². The summed E-state index contributed by atoms with van der Waals surface area (Å²) in [7, 11) is 0. The number of aliphatic hydroxyl groups excluding tert-OH is 1. The molecular formula is C19H23ClN2O. The number of benzene rings is 1. The Kier molecular flexibility index (Phi) is 3.73. The molecule has 3 atom stereocenters. The van der Waals surface area contributed by atoms with Gasteiger partial charge in [0.2, 0.25) is 0 Å². The van der Waals surface area contributed by atoms with E-state index in [0.717, 1.165) is 38.1 Å². The Hall–Kier alpha value is -1.32. The number of rotatable bonds is 0. The second-order valence-electron chi connectivity index (χ2n) is 7.36. The van der Waals surface area contributed by atoms with Crippen molar-refractivity contribution < 1.29 is 22.1 Å². The molecule has 23 heavy (non-hydrogen) atoms. The highest BCUT2D eigenvalue weighted by Crippen LogP contribution is 2.38. The minimum absolute atomic E-state index is 0. The van der Waals surface area contributed by atoms with Crippen molar-refractivity contribution in [3.63, 3.8) is 0 Å². The molecule has 3 aliphatic rings. The average Bonchev–Trinajstić information content (AvgIpc) is 2.92. The van der Waals surface area contributed by atoms with Crippen LogP contribution < -0.4 is 12.4 Å². The van der Waals surface area contributed by atoms with Crippen molar-refractivity contribution in [1.82, 2.24) is 4.98 Å². The van der Waals surface area contributed by atoms with Crippen LogP contribution >= 0.6 is 0 Å². The summed E-state index contributed by atoms with van der Waals surface area (Å²) in [4.78, 5) is 3.68. The molecule has 1 aromatic carbocycles. The third-order valence-electron chi connectivity index (χ3n) is 6.14. The normalized spacial score (nSPS) is 29.5. The highest BCUT2D eigenvalue weighted by atomic mass is 35.5. The van der Waals surface area contributed by atoms with Crippen LogP contribution in [-0.2, 0) is 6.42 Å². The van der Waals surface area contributed by atoms with Gasteiger partial charge in [0.05, 0.1) is 6.10 Å². The minimum Gasteiger partial charge on any atom is -1.00 e. The summed E-state index contributed by atoms with van der Waals surface area (Å²) in [5, 5.41) is 11.4. The summed E-state index contributed by atoms with van der Waals surface area (Å²) in [6, 6.07) is 8.69. The van der Waals surface area contributed by atoms with E-state index in [9.17, 15) is 5.11 Å². The molecule has 1 aromatic heterocycles. The Bertz CT molecular complexity index is 779. The van der Waals surface area contributed by atoms with E-state index in [0.29, 0.717) is 5.92 Å². The van der Waals surface area contributed by atoms with Crippen LogP contribution in [0, 0.1) is 11.8 Å². The van der Waals surface area contributed by atoms with Gasteiger partial charge in [-0.3, -0.25) is 0 Å². The Morgan fingerprint density at radius 3 is 2.91 bits per heavy atom. The first kappa shape index (κ1) is 15.2. The van der Waals surface area contributed by atoms with E-state index in [2.05, 4.69) is 33.8 Å². The number of hydrogen-bond acceptors (Lipinski definition) is 1. The fourth-order valence-electron chi connectivity index (χ4n) is 5.00. The number of nitrogens with zero attached hydrogens (tertiary/aromatic N) is 1. The van der Waals surface area contributed by atoms with Crippen molar-refractivity contribution >= 4 is 16.6 Å². The molecule has 2 N–H and O–H groups in total. The Balaban J connectivity index is 0.00000135. The second-order valence-corrected chi connectivity index (χ2v) is 7.36. The van der Waals surface area contributed by atoms with Gasteiger partial charge in [-0.05, 0) is 36.8 Å². The summed E-state index contributed by atoms with van der Waals surface area (Å²) in [6.45, 7) is 2.36. The first-order chi connectivity index (χ1) is 10.8. The number of aliphatic hydroxyl groups is 1. The molecule has 0 saturated heterocycles. The third-order valence-corrected chi connectivity index (χ3v) is 6.14. The third kappa shape index (κ3) is 2.33. The summed E-state index contributed by atoms with van der Waals surface area (Å²) in [6.07, 6.45) is 5.43. The fraction of sp³-hybridized carbons (Fsp3) is 0.526. The number of nitrogens with one attached hydrogen (secondary N) is 1. The van der Waals surface area contributed by atoms with Gasteiger partial charge in [-0.2, -0.15) is 0 Å². The first-order valence-electron chi connectivity index (χ1n) is 8.68. The van der Waals surface area contributed by atoms with Gasteiger partial charge < -0.3 is 22.5 Å². The monoisotopic (exact) mass is 330 g/mol. The molecular weight excluding hydrogens is 308 g/mol. The lowest BCUT2D eigenvalue weighted by Crippen LogP contribution is -3.00. The molecule has 0 bridgehead atoms. The average molecular weight is 331 g/mol. The van der Waals surface area contributed by atoms with E-state index in [1.54, 1.807) is 0 Å². The van der Waals surface area contributed by atoms with Crippen molar-refractivity contribution in [2.24, 2.45) is 11.8 Å². The fourth-order valence-corrected chi connectivity index (χ4v) is 5.00. The number of H-pyrrole nitrogens is 1. The SMILES string of the molecule is O[C@@H]1CC[C@H]2C[N+]3=C(C[C@@H]2C1)c1[nH]c2ccccc2c1CC3.[Cl-]. The number of halogens is 1. The molecule has 0 radical (unpaired) electrons. The van der Waals surface area contributed by atoms with E-state index in [1.807, 2.05) is 0 Å². The second kappa shape index (κ2) is 5.64. The van der Waals surface area contributed by atoms with Crippen LogP contribution in [0.3, 0.4) is 0 Å². The Morgan fingerprint density at radius 1 is 1.13 bits per heavy atom. The molecule has 3 heterocycles. The minimum atomic E-state index is -0.0702. The lowest BCUT2D eigenvalue weighted by atomic mass is 9.72. The largest absolute Gasteiger partial charge is 1.00 e. The standard InChI is InChI=1S/C19H22N2O.ClH/c22-14-6-5-12-11-21-8-7-16-15-3-1-2-4-17(15)20-19(16)18(21)10-13(12)9-14;/h1-4,12-14,22H,5-11H2;1H/t12-,13-,14+;/m0./s1. The van der Waals surface area contributed by atoms with Crippen LogP contribution in [0.2, 0.25) is 0 Å². The van der Waals surface area contributed by atoms with Gasteiger partial charge in [-0.25, -0.2) is 4.58 Å². The topological polar surface area (TPSA) is 39.0 Å². The molecule has 1 saturated carbocycles. The van der Waals surface area contributed by atoms with Gasteiger partial charge in [0.25, 0.3) is 0 Å². The van der Waals surface area contributed by atoms with Gasteiger partial charge in [0.1, 0.15) is 18.8 Å². The predicted octanol–water partition coefficient (Wildman–Crippen LogP) is -0.289. The molecule has 1 aliphatic carbocycles. The van der Waals surface area contributed by atoms with Crippen LogP contribution in [0.4, 0.5) is 0 Å². The Labute approximate surface area is 142 Å². The van der Waals surface area contributed by atoms with Crippen LogP contribution in [0.15, 0.2) is 24.3 Å². The highest BCUT2D eigenvalue weighted by molar-refractivity contribution is 6.03. The van der Waals surface area contributed by atoms with Crippen LogP contribution in [-0.4, -0.2) is 39.6 Å². The molecule has 1 fully saturated rings. The van der Waals surface area contributed by atoms with Crippen molar-refractivity contribution in [1.29, 1.82) is 0 Å².